The average molecular weight is 345 g/mol. The average Bonchev–Trinajstić information content (AvgIpc) is 2.33. The van der Waals surface area contributed by atoms with E-state index in [2.05, 4.69) is 10.5 Å². The van der Waals surface area contributed by atoms with Crippen LogP contribution in [0.5, 0.6) is 0 Å². The van der Waals surface area contributed by atoms with E-state index in [9.17, 15) is 9.59 Å². The molecule has 0 saturated heterocycles. The highest BCUT2D eigenvalue weighted by atomic mass is 16.6. The summed E-state index contributed by atoms with van der Waals surface area (Å²) in [7, 11) is 0. The molecule has 0 rings (SSSR count). The van der Waals surface area contributed by atoms with Gasteiger partial charge in [0.2, 0.25) is 0 Å². The minimum absolute atomic E-state index is 0.181. The van der Waals surface area contributed by atoms with Crippen molar-refractivity contribution in [3.8, 4) is 0 Å². The Morgan fingerprint density at radius 3 is 2.08 bits per heavy atom. The SMILES string of the molecule is CC(CCCCN)N=[N+](NC(=O)OC(C)(C)C)C(=O)OC(C)(C)C. The van der Waals surface area contributed by atoms with Crippen molar-refractivity contribution < 1.29 is 23.9 Å². The molecular formula is C16H33N4O4+. The van der Waals surface area contributed by atoms with Crippen molar-refractivity contribution >= 4 is 12.2 Å². The molecule has 8 heteroatoms. The molecule has 1 atom stereocenters. The molecule has 0 fully saturated rings. The molecule has 0 aromatic heterocycles. The summed E-state index contributed by atoms with van der Waals surface area (Å²) in [6, 6.07) is -0.181. The lowest BCUT2D eigenvalue weighted by atomic mass is 10.1. The first-order valence-electron chi connectivity index (χ1n) is 8.27. The Morgan fingerprint density at radius 2 is 1.62 bits per heavy atom. The van der Waals surface area contributed by atoms with Gasteiger partial charge in [0.05, 0.1) is 0 Å². The van der Waals surface area contributed by atoms with Gasteiger partial charge < -0.3 is 15.2 Å². The first kappa shape index (κ1) is 22.3. The number of unbranched alkanes of at least 4 members (excludes halogenated alkanes) is 1. The van der Waals surface area contributed by atoms with Crippen molar-refractivity contribution in [2.75, 3.05) is 6.54 Å². The van der Waals surface area contributed by atoms with E-state index in [1.807, 2.05) is 6.92 Å². The molecule has 2 amide bonds. The van der Waals surface area contributed by atoms with Gasteiger partial charge in [0.25, 0.3) is 0 Å². The smallest absolute Gasteiger partial charge is 0.440 e. The molecule has 0 aromatic rings. The summed E-state index contributed by atoms with van der Waals surface area (Å²) in [5.74, 6) is 0. The van der Waals surface area contributed by atoms with Crippen LogP contribution in [0.4, 0.5) is 9.59 Å². The van der Waals surface area contributed by atoms with Gasteiger partial charge in [-0.25, -0.2) is 4.79 Å². The van der Waals surface area contributed by atoms with E-state index in [1.54, 1.807) is 41.5 Å². The fourth-order valence-electron chi connectivity index (χ4n) is 1.65. The highest BCUT2D eigenvalue weighted by Gasteiger charge is 2.33. The topological polar surface area (TPSA) is 106 Å². The molecule has 0 heterocycles. The number of amides is 2. The molecule has 1 unspecified atom stereocenters. The van der Waals surface area contributed by atoms with E-state index in [0.717, 1.165) is 24.1 Å². The highest BCUT2D eigenvalue weighted by molar-refractivity contribution is 5.68. The van der Waals surface area contributed by atoms with Crippen LogP contribution in [0.3, 0.4) is 0 Å². The van der Waals surface area contributed by atoms with Crippen molar-refractivity contribution in [2.45, 2.75) is 85.0 Å². The van der Waals surface area contributed by atoms with E-state index in [4.69, 9.17) is 15.2 Å². The van der Waals surface area contributed by atoms with Crippen molar-refractivity contribution in [2.24, 2.45) is 10.8 Å². The predicted molar refractivity (Wildman–Crippen MR) is 90.7 cm³/mol. The van der Waals surface area contributed by atoms with Crippen LogP contribution in [0.1, 0.15) is 67.7 Å². The van der Waals surface area contributed by atoms with E-state index in [-0.39, 0.29) is 6.04 Å². The largest absolute Gasteiger partial charge is 0.653 e. The van der Waals surface area contributed by atoms with E-state index in [1.165, 1.54) is 0 Å². The van der Waals surface area contributed by atoms with Gasteiger partial charge in [-0.05, 0) is 74.3 Å². The third kappa shape index (κ3) is 11.8. The number of ether oxygens (including phenoxy) is 2. The maximum Gasteiger partial charge on any atom is 0.653 e. The molecule has 0 spiro atoms. The second-order valence-corrected chi connectivity index (χ2v) is 7.65. The second kappa shape index (κ2) is 9.56. The van der Waals surface area contributed by atoms with Crippen LogP contribution in [0.2, 0.25) is 0 Å². The van der Waals surface area contributed by atoms with Gasteiger partial charge in [-0.3, -0.25) is 0 Å². The van der Waals surface area contributed by atoms with Crippen molar-refractivity contribution in [1.29, 1.82) is 0 Å². The van der Waals surface area contributed by atoms with Gasteiger partial charge in [-0.2, -0.15) is 4.79 Å². The predicted octanol–water partition coefficient (Wildman–Crippen LogP) is 3.34. The fourth-order valence-corrected chi connectivity index (χ4v) is 1.65. The van der Waals surface area contributed by atoms with Crippen LogP contribution in [0, 0.1) is 0 Å². The Balaban J connectivity index is 5.07. The maximum atomic E-state index is 12.2. The molecule has 0 aliphatic heterocycles. The zero-order valence-corrected chi connectivity index (χ0v) is 16.0. The summed E-state index contributed by atoms with van der Waals surface area (Å²) in [4.78, 5) is 25.0. The molecule has 24 heavy (non-hydrogen) atoms. The number of hydrogen-bond acceptors (Lipinski definition) is 6. The number of azo groups is 1. The molecule has 0 aliphatic carbocycles. The van der Waals surface area contributed by atoms with Gasteiger partial charge in [0.1, 0.15) is 22.1 Å². The van der Waals surface area contributed by atoms with Gasteiger partial charge >= 0.3 is 12.2 Å². The van der Waals surface area contributed by atoms with Gasteiger partial charge in [0, 0.05) is 5.11 Å². The summed E-state index contributed by atoms with van der Waals surface area (Å²) in [5.41, 5.74) is 6.40. The van der Waals surface area contributed by atoms with Crippen LogP contribution in [0.25, 0.3) is 0 Å². The van der Waals surface area contributed by atoms with Crippen LogP contribution in [0.15, 0.2) is 5.11 Å². The minimum Gasteiger partial charge on any atom is -0.440 e. The Morgan fingerprint density at radius 1 is 1.08 bits per heavy atom. The summed E-state index contributed by atoms with van der Waals surface area (Å²) in [6.07, 6.45) is 0.971. The molecule has 140 valence electrons. The molecule has 0 aliphatic rings. The third-order valence-electron chi connectivity index (χ3n) is 2.55. The number of carbonyl (C=O) groups excluding carboxylic acids is 2. The number of nitrogens with two attached hydrogens (primary N) is 1. The van der Waals surface area contributed by atoms with Crippen LogP contribution >= 0.6 is 0 Å². The third-order valence-corrected chi connectivity index (χ3v) is 2.55. The van der Waals surface area contributed by atoms with E-state index < -0.39 is 23.4 Å². The number of nitrogens with one attached hydrogen (secondary N) is 1. The zero-order valence-electron chi connectivity index (χ0n) is 16.0. The standard InChI is InChI=1S/C16H32N4O4/c1-12(10-8-9-11-17)18-20(14(22)24-16(5,6)7)19-13(21)23-15(2,3)4/h12H,8-11,17H2,1-7H3/p+1. The molecule has 0 bridgehead atoms. The molecule has 3 N–H and O–H groups in total. The quantitative estimate of drug-likeness (QED) is 0.344. The molecule has 0 aromatic carbocycles. The normalized spacial score (nSPS) is 14.1. The number of hydrazine groups is 1. The van der Waals surface area contributed by atoms with E-state index >= 15 is 0 Å². The number of hydrogen-bond donors (Lipinski definition) is 2. The lowest BCUT2D eigenvalue weighted by Crippen LogP contribution is -2.43. The molecular weight excluding hydrogens is 312 g/mol. The highest BCUT2D eigenvalue weighted by Crippen LogP contribution is 2.11. The maximum absolute atomic E-state index is 12.2. The monoisotopic (exact) mass is 345 g/mol. The number of rotatable bonds is 5. The van der Waals surface area contributed by atoms with Crippen LogP contribution < -0.4 is 11.2 Å². The second-order valence-electron chi connectivity index (χ2n) is 7.65. The summed E-state index contributed by atoms with van der Waals surface area (Å²) in [6.45, 7) is 12.9. The Hall–Kier alpha value is -1.70. The van der Waals surface area contributed by atoms with E-state index in [0.29, 0.717) is 6.54 Å². The molecule has 0 saturated carbocycles. The first-order valence-corrected chi connectivity index (χ1v) is 8.27. The summed E-state index contributed by atoms with van der Waals surface area (Å²) in [5, 5.41) is 4.21. The minimum atomic E-state index is -0.772. The Kier molecular flexibility index (Phi) is 8.88. The molecule has 8 nitrogen and oxygen atoms in total. The summed E-state index contributed by atoms with van der Waals surface area (Å²) < 4.78 is 10.4. The van der Waals surface area contributed by atoms with Gasteiger partial charge in [0.15, 0.2) is 0 Å². The lowest BCUT2D eigenvalue weighted by molar-refractivity contribution is -0.566. The first-order chi connectivity index (χ1) is 10.8. The van der Waals surface area contributed by atoms with Crippen molar-refractivity contribution in [3.05, 3.63) is 0 Å². The lowest BCUT2D eigenvalue weighted by Gasteiger charge is -2.19. The van der Waals surface area contributed by atoms with Gasteiger partial charge in [-0.1, -0.05) is 5.43 Å². The number of nitrogens with zero attached hydrogens (tertiary/aromatic N) is 2. The van der Waals surface area contributed by atoms with Crippen molar-refractivity contribution in [1.82, 2.24) is 5.43 Å². The van der Waals surface area contributed by atoms with Gasteiger partial charge in [-0.15, -0.1) is 0 Å². The fraction of sp³-hybridized carbons (Fsp3) is 0.875. The van der Waals surface area contributed by atoms with Crippen LogP contribution in [-0.2, 0) is 9.47 Å². The number of carbonyl (C=O) groups is 2. The Bertz CT molecular complexity index is 450. The van der Waals surface area contributed by atoms with Crippen molar-refractivity contribution in [3.63, 3.8) is 0 Å². The summed E-state index contributed by atoms with van der Waals surface area (Å²) >= 11 is 0. The zero-order chi connectivity index (χ0) is 19.0. The Labute approximate surface area is 144 Å². The molecule has 0 radical (unpaired) electrons. The van der Waals surface area contributed by atoms with Crippen LogP contribution in [-0.4, -0.2) is 40.8 Å².